The number of anilines is 1. The Kier molecular flexibility index (Phi) is 4.20. The van der Waals surface area contributed by atoms with E-state index in [9.17, 15) is 14.7 Å². The summed E-state index contributed by atoms with van der Waals surface area (Å²) in [6.07, 6.45) is 5.70. The fraction of sp³-hybridized carbons (Fsp3) is 0.667. The van der Waals surface area contributed by atoms with E-state index in [4.69, 9.17) is 4.74 Å². The average Bonchev–Trinajstić information content (AvgIpc) is 3.44. The maximum Gasteiger partial charge on any atom is 0.326 e. The second-order valence-corrected chi connectivity index (χ2v) is 7.68. The van der Waals surface area contributed by atoms with E-state index in [1.165, 1.54) is 0 Å². The molecule has 140 valence electrons. The third kappa shape index (κ3) is 3.08. The molecule has 26 heavy (non-hydrogen) atoms. The van der Waals surface area contributed by atoms with E-state index in [0.29, 0.717) is 24.8 Å². The lowest BCUT2D eigenvalue weighted by Crippen LogP contribution is -2.43. The van der Waals surface area contributed by atoms with Crippen molar-refractivity contribution in [3.63, 3.8) is 0 Å². The van der Waals surface area contributed by atoms with Crippen LogP contribution in [0.5, 0.6) is 5.88 Å². The molecule has 1 atom stereocenters. The zero-order chi connectivity index (χ0) is 18.3. The molecule has 3 fully saturated rings. The number of hydrogen-bond donors (Lipinski definition) is 1. The topological polar surface area (TPSA) is 95.9 Å². The lowest BCUT2D eigenvalue weighted by molar-refractivity contribution is -0.148. The van der Waals surface area contributed by atoms with Crippen molar-refractivity contribution >= 4 is 17.8 Å². The number of piperidine rings is 1. The van der Waals surface area contributed by atoms with Crippen molar-refractivity contribution < 1.29 is 19.4 Å². The Bertz CT molecular complexity index is 713. The van der Waals surface area contributed by atoms with Crippen molar-refractivity contribution in [1.82, 2.24) is 14.9 Å². The number of carboxylic acids is 1. The number of carboxylic acid groups (broad SMARTS) is 1. The van der Waals surface area contributed by atoms with Gasteiger partial charge in [-0.05, 0) is 37.5 Å². The van der Waals surface area contributed by atoms with Crippen molar-refractivity contribution in [3.8, 4) is 5.88 Å². The van der Waals surface area contributed by atoms with Crippen LogP contribution in [0.4, 0.5) is 5.95 Å². The predicted octanol–water partition coefficient (Wildman–Crippen LogP) is 1.17. The first kappa shape index (κ1) is 17.1. The van der Waals surface area contributed by atoms with Crippen LogP contribution in [0.3, 0.4) is 0 Å². The molecule has 2 aliphatic heterocycles. The van der Waals surface area contributed by atoms with E-state index in [-0.39, 0.29) is 17.2 Å². The largest absolute Gasteiger partial charge is 0.481 e. The van der Waals surface area contributed by atoms with Crippen LogP contribution in [0.15, 0.2) is 12.3 Å². The molecule has 0 radical (unpaired) electrons. The third-order valence-corrected chi connectivity index (χ3v) is 5.94. The summed E-state index contributed by atoms with van der Waals surface area (Å²) in [5, 5.41) is 9.60. The maximum atomic E-state index is 12.5. The number of carbonyl (C=O) groups excluding carboxylic acids is 1. The van der Waals surface area contributed by atoms with Gasteiger partial charge in [0.2, 0.25) is 17.7 Å². The van der Waals surface area contributed by atoms with Crippen molar-refractivity contribution in [1.29, 1.82) is 0 Å². The van der Waals surface area contributed by atoms with E-state index in [2.05, 4.69) is 14.9 Å². The van der Waals surface area contributed by atoms with Gasteiger partial charge in [-0.15, -0.1) is 0 Å². The van der Waals surface area contributed by atoms with E-state index < -0.39 is 12.0 Å². The highest BCUT2D eigenvalue weighted by Gasteiger charge is 2.51. The summed E-state index contributed by atoms with van der Waals surface area (Å²) in [6, 6.07) is 1.03. The molecular formula is C18H24N4O4. The second kappa shape index (κ2) is 6.41. The van der Waals surface area contributed by atoms with E-state index in [1.807, 2.05) is 0 Å². The maximum absolute atomic E-state index is 12.5. The average molecular weight is 360 g/mol. The summed E-state index contributed by atoms with van der Waals surface area (Å²) in [6.45, 7) is 2.07. The minimum Gasteiger partial charge on any atom is -0.481 e. The number of carbonyl (C=O) groups is 2. The number of methoxy groups -OCH3 is 1. The molecule has 2 saturated heterocycles. The molecule has 8 heteroatoms. The molecular weight excluding hydrogens is 336 g/mol. The Balaban J connectivity index is 1.45. The van der Waals surface area contributed by atoms with E-state index in [1.54, 1.807) is 24.3 Å². The van der Waals surface area contributed by atoms with Gasteiger partial charge in [-0.25, -0.2) is 9.78 Å². The van der Waals surface area contributed by atoms with Gasteiger partial charge in [0.15, 0.2) is 0 Å². The summed E-state index contributed by atoms with van der Waals surface area (Å²) < 4.78 is 5.16. The Labute approximate surface area is 152 Å². The van der Waals surface area contributed by atoms with Gasteiger partial charge in [0.05, 0.1) is 7.11 Å². The zero-order valence-electron chi connectivity index (χ0n) is 14.9. The van der Waals surface area contributed by atoms with Crippen LogP contribution in [0, 0.1) is 11.3 Å². The monoisotopic (exact) mass is 360 g/mol. The summed E-state index contributed by atoms with van der Waals surface area (Å²) >= 11 is 0. The molecule has 0 aromatic carbocycles. The molecule has 0 bridgehead atoms. The third-order valence-electron chi connectivity index (χ3n) is 5.94. The van der Waals surface area contributed by atoms with Gasteiger partial charge in [-0.3, -0.25) is 4.79 Å². The molecule has 3 heterocycles. The second-order valence-electron chi connectivity index (χ2n) is 7.68. The molecule has 1 aromatic rings. The highest BCUT2D eigenvalue weighted by atomic mass is 16.5. The number of likely N-dealkylation sites (tertiary alicyclic amines) is 1. The smallest absolute Gasteiger partial charge is 0.326 e. The molecule has 4 rings (SSSR count). The fourth-order valence-electron chi connectivity index (χ4n) is 4.22. The molecule has 1 saturated carbocycles. The molecule has 1 aromatic heterocycles. The highest BCUT2D eigenvalue weighted by molar-refractivity contribution is 5.87. The molecule has 1 spiro atoms. The summed E-state index contributed by atoms with van der Waals surface area (Å²) in [4.78, 5) is 36.7. The van der Waals surface area contributed by atoms with Gasteiger partial charge >= 0.3 is 5.97 Å². The van der Waals surface area contributed by atoms with Gasteiger partial charge in [0.1, 0.15) is 6.04 Å². The zero-order valence-corrected chi connectivity index (χ0v) is 14.9. The lowest BCUT2D eigenvalue weighted by atomic mass is 9.76. The van der Waals surface area contributed by atoms with Gasteiger partial charge in [-0.1, -0.05) is 0 Å². The Morgan fingerprint density at radius 2 is 2.04 bits per heavy atom. The number of rotatable bonds is 4. The molecule has 1 N–H and O–H groups in total. The quantitative estimate of drug-likeness (QED) is 0.861. The molecule has 1 aliphatic carbocycles. The Hall–Kier alpha value is -2.38. The molecule has 1 amide bonds. The van der Waals surface area contributed by atoms with Gasteiger partial charge in [-0.2, -0.15) is 4.98 Å². The number of aliphatic carboxylic acids is 1. The first-order chi connectivity index (χ1) is 12.5. The van der Waals surface area contributed by atoms with Gasteiger partial charge in [0, 0.05) is 37.8 Å². The SMILES string of the molecule is COc1ccnc(N2CCC3(CC2)CC(C(=O)O)N(C(=O)C2CC2)C3)n1. The standard InChI is InChI=1S/C18H24N4O4/c1-26-14-4-7-19-17(20-14)21-8-5-18(6-9-21)10-13(16(24)25)22(11-18)15(23)12-2-3-12/h4,7,12-13H,2-3,5-6,8-11H2,1H3,(H,24,25). The number of hydrogen-bond acceptors (Lipinski definition) is 6. The molecule has 1 unspecified atom stereocenters. The molecule has 3 aliphatic rings. The summed E-state index contributed by atoms with van der Waals surface area (Å²) in [7, 11) is 1.58. The van der Waals surface area contributed by atoms with Crippen LogP contribution in [0.25, 0.3) is 0 Å². The number of amides is 1. The first-order valence-corrected chi connectivity index (χ1v) is 9.17. The van der Waals surface area contributed by atoms with Crippen molar-refractivity contribution in [2.75, 3.05) is 31.6 Å². The minimum absolute atomic E-state index is 0.0350. The summed E-state index contributed by atoms with van der Waals surface area (Å²) in [5.41, 5.74) is -0.108. The van der Waals surface area contributed by atoms with Gasteiger partial charge < -0.3 is 19.6 Å². The number of aromatic nitrogens is 2. The van der Waals surface area contributed by atoms with E-state index >= 15 is 0 Å². The predicted molar refractivity (Wildman–Crippen MR) is 92.9 cm³/mol. The van der Waals surface area contributed by atoms with Crippen molar-refractivity contribution in [2.24, 2.45) is 11.3 Å². The fourth-order valence-corrected chi connectivity index (χ4v) is 4.22. The highest BCUT2D eigenvalue weighted by Crippen LogP contribution is 2.45. The van der Waals surface area contributed by atoms with Crippen LogP contribution in [-0.2, 0) is 9.59 Å². The van der Waals surface area contributed by atoms with Gasteiger partial charge in [0.25, 0.3) is 0 Å². The minimum atomic E-state index is -0.880. The van der Waals surface area contributed by atoms with Crippen LogP contribution in [0.1, 0.15) is 32.1 Å². The Morgan fingerprint density at radius 3 is 2.65 bits per heavy atom. The van der Waals surface area contributed by atoms with Crippen molar-refractivity contribution in [2.45, 2.75) is 38.1 Å². The number of nitrogens with zero attached hydrogens (tertiary/aromatic N) is 4. The number of ether oxygens (including phenoxy) is 1. The van der Waals surface area contributed by atoms with Crippen LogP contribution in [0.2, 0.25) is 0 Å². The van der Waals surface area contributed by atoms with Crippen LogP contribution in [-0.4, -0.2) is 64.6 Å². The molecule has 8 nitrogen and oxygen atoms in total. The first-order valence-electron chi connectivity index (χ1n) is 9.17. The Morgan fingerprint density at radius 1 is 1.31 bits per heavy atom. The van der Waals surface area contributed by atoms with Crippen LogP contribution < -0.4 is 9.64 Å². The van der Waals surface area contributed by atoms with Crippen molar-refractivity contribution in [3.05, 3.63) is 12.3 Å². The normalized spacial score (nSPS) is 24.7. The summed E-state index contributed by atoms with van der Waals surface area (Å²) in [5.74, 6) is 0.376. The lowest BCUT2D eigenvalue weighted by Gasteiger charge is -2.39. The van der Waals surface area contributed by atoms with Crippen LogP contribution >= 0.6 is 0 Å². The van der Waals surface area contributed by atoms with E-state index in [0.717, 1.165) is 38.8 Å².